The fourth-order valence-electron chi connectivity index (χ4n) is 3.38. The van der Waals surface area contributed by atoms with Crippen molar-refractivity contribution >= 4 is 21.4 Å². The van der Waals surface area contributed by atoms with Gasteiger partial charge in [0, 0.05) is 24.0 Å². The first-order valence-corrected chi connectivity index (χ1v) is 10.1. The van der Waals surface area contributed by atoms with E-state index in [-0.39, 0.29) is 11.7 Å². The molecule has 128 valence electrons. The van der Waals surface area contributed by atoms with E-state index in [0.29, 0.717) is 4.90 Å². The number of hydrogen-bond donors (Lipinski definition) is 0. The molecule has 1 aliphatic rings. The zero-order valence-corrected chi connectivity index (χ0v) is 15.8. The van der Waals surface area contributed by atoms with Crippen molar-refractivity contribution in [2.75, 3.05) is 19.3 Å². The summed E-state index contributed by atoms with van der Waals surface area (Å²) in [7, 11) is -1.08. The lowest BCUT2D eigenvalue weighted by Gasteiger charge is -2.33. The minimum atomic E-state index is -3.16. The van der Waals surface area contributed by atoms with Gasteiger partial charge in [0.05, 0.1) is 10.6 Å². The van der Waals surface area contributed by atoms with Crippen LogP contribution in [-0.4, -0.2) is 32.7 Å². The van der Waals surface area contributed by atoms with Crippen LogP contribution < -0.4 is 0 Å². The minimum absolute atomic E-state index is 0.121. The predicted molar refractivity (Wildman–Crippen MR) is 98.5 cm³/mol. The summed E-state index contributed by atoms with van der Waals surface area (Å²) in [5.74, 6) is 0.324. The molecule has 2 aromatic carbocycles. The molecule has 0 aromatic heterocycles. The van der Waals surface area contributed by atoms with E-state index < -0.39 is 9.84 Å². The summed E-state index contributed by atoms with van der Waals surface area (Å²) in [5, 5.41) is 0.812. The van der Waals surface area contributed by atoms with Gasteiger partial charge < -0.3 is 4.90 Å². The largest absolute Gasteiger partial charge is 0.301 e. The van der Waals surface area contributed by atoms with Gasteiger partial charge in [-0.25, -0.2) is 8.42 Å². The molecule has 0 spiro atoms. The molecule has 0 fully saturated rings. The summed E-state index contributed by atoms with van der Waals surface area (Å²) in [5.41, 5.74) is 4.70. The first-order valence-electron chi connectivity index (χ1n) is 8.12. The van der Waals surface area contributed by atoms with E-state index in [1.54, 1.807) is 19.1 Å². The Hall–Kier alpha value is -1.36. The molecule has 0 aliphatic carbocycles. The van der Waals surface area contributed by atoms with Gasteiger partial charge in [0.2, 0.25) is 0 Å². The summed E-state index contributed by atoms with van der Waals surface area (Å²) in [6, 6.07) is 11.5. The Kier molecular flexibility index (Phi) is 4.73. The number of sulfone groups is 1. The molecular formula is C19H22ClNO2S. The maximum atomic E-state index is 12.0. The van der Waals surface area contributed by atoms with E-state index >= 15 is 0 Å². The molecule has 1 heterocycles. The van der Waals surface area contributed by atoms with E-state index in [9.17, 15) is 8.42 Å². The van der Waals surface area contributed by atoms with E-state index in [4.69, 9.17) is 11.6 Å². The summed E-state index contributed by atoms with van der Waals surface area (Å²) < 4.78 is 24.0. The summed E-state index contributed by atoms with van der Waals surface area (Å²) >= 11 is 6.46. The zero-order chi connectivity index (χ0) is 17.5. The second-order valence-corrected chi connectivity index (χ2v) is 9.22. The second-order valence-electron chi connectivity index (χ2n) is 6.54. The lowest BCUT2D eigenvalue weighted by Crippen LogP contribution is -2.31. The molecule has 2 aromatic rings. The number of halogens is 1. The molecule has 0 saturated heterocycles. The number of aryl methyl sites for hydroxylation is 1. The molecule has 0 amide bonds. The van der Waals surface area contributed by atoms with Gasteiger partial charge in [0.1, 0.15) is 0 Å². The van der Waals surface area contributed by atoms with Crippen LogP contribution in [0.4, 0.5) is 0 Å². The number of likely N-dealkylation sites (N-methyl/N-ethyl adjacent to an activating group) is 1. The monoisotopic (exact) mass is 363 g/mol. The third-order valence-corrected chi connectivity index (χ3v) is 6.78. The average Bonchev–Trinajstić information content (AvgIpc) is 2.55. The van der Waals surface area contributed by atoms with Crippen molar-refractivity contribution in [1.82, 2.24) is 4.90 Å². The third kappa shape index (κ3) is 3.23. The maximum absolute atomic E-state index is 12.0. The van der Waals surface area contributed by atoms with Crippen LogP contribution in [0.15, 0.2) is 41.3 Å². The van der Waals surface area contributed by atoms with Gasteiger partial charge in [0.15, 0.2) is 9.84 Å². The van der Waals surface area contributed by atoms with Crippen molar-refractivity contribution in [3.63, 3.8) is 0 Å². The molecule has 1 unspecified atom stereocenters. The highest BCUT2D eigenvalue weighted by Crippen LogP contribution is 2.37. The van der Waals surface area contributed by atoms with Gasteiger partial charge >= 0.3 is 0 Å². The molecule has 1 atom stereocenters. The lowest BCUT2D eigenvalue weighted by atomic mass is 9.84. The highest BCUT2D eigenvalue weighted by Gasteiger charge is 2.27. The molecule has 3 rings (SSSR count). The van der Waals surface area contributed by atoms with Crippen molar-refractivity contribution in [3.8, 4) is 0 Å². The Morgan fingerprint density at radius 3 is 2.50 bits per heavy atom. The standard InChI is InChI=1S/C19H22ClNO2S/c1-4-24(22,23)15-7-5-14(6-8-15)17-11-21(3)12-18-16(17)9-13(2)10-19(18)20/h5-10,17H,4,11-12H2,1-3H3. The van der Waals surface area contributed by atoms with Gasteiger partial charge in [-0.2, -0.15) is 0 Å². The Morgan fingerprint density at radius 1 is 1.21 bits per heavy atom. The van der Waals surface area contributed by atoms with Gasteiger partial charge in [-0.15, -0.1) is 0 Å². The molecule has 5 heteroatoms. The molecule has 0 N–H and O–H groups in total. The molecule has 0 bridgehead atoms. The SMILES string of the molecule is CCS(=O)(=O)c1ccc(C2CN(C)Cc3c(Cl)cc(C)cc32)cc1. The van der Waals surface area contributed by atoms with Gasteiger partial charge in [0.25, 0.3) is 0 Å². The van der Waals surface area contributed by atoms with Crippen molar-refractivity contribution in [1.29, 1.82) is 0 Å². The van der Waals surface area contributed by atoms with Crippen LogP contribution in [0.3, 0.4) is 0 Å². The average molecular weight is 364 g/mol. The van der Waals surface area contributed by atoms with Crippen LogP contribution >= 0.6 is 11.6 Å². The Balaban J connectivity index is 2.05. The van der Waals surface area contributed by atoms with Crippen molar-refractivity contribution < 1.29 is 8.42 Å². The summed E-state index contributed by atoms with van der Waals surface area (Å²) in [4.78, 5) is 2.64. The van der Waals surface area contributed by atoms with E-state index in [1.165, 1.54) is 11.1 Å². The summed E-state index contributed by atoms with van der Waals surface area (Å²) in [6.07, 6.45) is 0. The van der Waals surface area contributed by atoms with Crippen molar-refractivity contribution in [2.45, 2.75) is 31.2 Å². The minimum Gasteiger partial charge on any atom is -0.301 e. The topological polar surface area (TPSA) is 37.4 Å². The van der Waals surface area contributed by atoms with Crippen LogP contribution in [-0.2, 0) is 16.4 Å². The smallest absolute Gasteiger partial charge is 0.178 e. The molecule has 0 radical (unpaired) electrons. The van der Waals surface area contributed by atoms with Gasteiger partial charge in [-0.1, -0.05) is 36.7 Å². The van der Waals surface area contributed by atoms with Crippen molar-refractivity contribution in [2.24, 2.45) is 0 Å². The van der Waals surface area contributed by atoms with E-state index in [2.05, 4.69) is 24.9 Å². The van der Waals surface area contributed by atoms with Crippen LogP contribution in [0.5, 0.6) is 0 Å². The maximum Gasteiger partial charge on any atom is 0.178 e. The number of benzene rings is 2. The Labute approximate surface area is 149 Å². The molecule has 3 nitrogen and oxygen atoms in total. The van der Waals surface area contributed by atoms with E-state index in [0.717, 1.165) is 29.2 Å². The molecule has 24 heavy (non-hydrogen) atoms. The molecule has 0 saturated carbocycles. The summed E-state index contributed by atoms with van der Waals surface area (Å²) in [6.45, 7) is 5.46. The predicted octanol–water partition coefficient (Wildman–Crippen LogP) is 4.02. The van der Waals surface area contributed by atoms with Crippen LogP contribution in [0.25, 0.3) is 0 Å². The van der Waals surface area contributed by atoms with Gasteiger partial charge in [-0.3, -0.25) is 0 Å². The normalized spacial score (nSPS) is 18.4. The number of fused-ring (bicyclic) bond motifs is 1. The number of hydrogen-bond acceptors (Lipinski definition) is 3. The highest BCUT2D eigenvalue weighted by molar-refractivity contribution is 7.91. The Bertz CT molecular complexity index is 860. The Morgan fingerprint density at radius 2 is 1.88 bits per heavy atom. The van der Waals surface area contributed by atoms with Crippen LogP contribution in [0.2, 0.25) is 5.02 Å². The van der Waals surface area contributed by atoms with Crippen LogP contribution in [0.1, 0.15) is 35.1 Å². The number of nitrogens with zero attached hydrogens (tertiary/aromatic N) is 1. The van der Waals surface area contributed by atoms with Gasteiger partial charge in [-0.05, 0) is 54.4 Å². The first kappa shape index (κ1) is 17.5. The molecular weight excluding hydrogens is 342 g/mol. The van der Waals surface area contributed by atoms with Crippen molar-refractivity contribution in [3.05, 3.63) is 63.7 Å². The third-order valence-electron chi connectivity index (χ3n) is 4.69. The van der Waals surface area contributed by atoms with E-state index in [1.807, 2.05) is 18.2 Å². The molecule has 1 aliphatic heterocycles. The fraction of sp³-hybridized carbons (Fsp3) is 0.368. The zero-order valence-electron chi connectivity index (χ0n) is 14.2. The second kappa shape index (κ2) is 6.51. The first-order chi connectivity index (χ1) is 11.3. The number of rotatable bonds is 3. The van der Waals surface area contributed by atoms with Crippen LogP contribution in [0, 0.1) is 6.92 Å². The lowest BCUT2D eigenvalue weighted by molar-refractivity contribution is 0.295. The highest BCUT2D eigenvalue weighted by atomic mass is 35.5. The quantitative estimate of drug-likeness (QED) is 0.826. The fourth-order valence-corrected chi connectivity index (χ4v) is 4.61.